The molecule has 7 heteroatoms. The molecule has 0 aliphatic carbocycles. The Morgan fingerprint density at radius 1 is 1.26 bits per heavy atom. The van der Waals surface area contributed by atoms with Crippen LogP contribution in [0, 0.1) is 5.82 Å². The summed E-state index contributed by atoms with van der Waals surface area (Å²) in [5, 5.41) is 9.59. The van der Waals surface area contributed by atoms with E-state index in [0.717, 1.165) is 0 Å². The first kappa shape index (κ1) is 21.0. The van der Waals surface area contributed by atoms with Crippen LogP contribution < -0.4 is 4.74 Å². The van der Waals surface area contributed by atoms with Crippen LogP contribution in [0.1, 0.15) is 47.0 Å². The number of carbonyl (C=O) groups excluding carboxylic acids is 1. The Bertz CT molecular complexity index is 649. The number of hydrogen-bond donors (Lipinski definition) is 1. The van der Waals surface area contributed by atoms with E-state index in [0.29, 0.717) is 38.1 Å². The van der Waals surface area contributed by atoms with Crippen LogP contribution in [0.3, 0.4) is 0 Å². The number of likely N-dealkylation sites (tertiary alicyclic amines) is 1. The van der Waals surface area contributed by atoms with Crippen LogP contribution >= 0.6 is 0 Å². The van der Waals surface area contributed by atoms with Crippen LogP contribution in [0.25, 0.3) is 0 Å². The lowest BCUT2D eigenvalue weighted by Gasteiger charge is -2.41. The van der Waals surface area contributed by atoms with E-state index in [1.165, 1.54) is 17.0 Å². The molecule has 6 nitrogen and oxygen atoms in total. The lowest BCUT2D eigenvalue weighted by molar-refractivity contribution is -0.140. The lowest BCUT2D eigenvalue weighted by atomic mass is 10.00. The molecule has 1 atom stereocenters. The van der Waals surface area contributed by atoms with Gasteiger partial charge in [0.1, 0.15) is 23.7 Å². The molecular formula is C20H29FN2O4. The molecule has 0 bridgehead atoms. The molecule has 1 aromatic rings. The number of piperidine rings is 1. The van der Waals surface area contributed by atoms with E-state index in [1.54, 1.807) is 37.8 Å². The number of amides is 2. The van der Waals surface area contributed by atoms with Crippen LogP contribution in [-0.4, -0.2) is 57.7 Å². The minimum Gasteiger partial charge on any atom is -0.490 e. The normalized spacial score (nSPS) is 16.7. The minimum atomic E-state index is -1.09. The maximum absolute atomic E-state index is 13.0. The van der Waals surface area contributed by atoms with Crippen molar-refractivity contribution in [1.29, 1.82) is 0 Å². The van der Waals surface area contributed by atoms with Crippen molar-refractivity contribution >= 4 is 12.0 Å². The fourth-order valence-electron chi connectivity index (χ4n) is 3.47. The van der Waals surface area contributed by atoms with Gasteiger partial charge in [-0.15, -0.1) is 0 Å². The van der Waals surface area contributed by atoms with E-state index >= 15 is 0 Å². The predicted octanol–water partition coefficient (Wildman–Crippen LogP) is 3.75. The Kier molecular flexibility index (Phi) is 6.68. The van der Waals surface area contributed by atoms with Crippen LogP contribution in [0.15, 0.2) is 24.3 Å². The SMILES string of the molecule is CC[C@@H](C(=O)N1CCC(Oc2ccc(F)cc2)CC1)N(C(=O)O)C(C)(C)C. The van der Waals surface area contributed by atoms with E-state index in [1.807, 2.05) is 6.92 Å². The summed E-state index contributed by atoms with van der Waals surface area (Å²) >= 11 is 0. The van der Waals surface area contributed by atoms with Gasteiger partial charge < -0.3 is 14.7 Å². The van der Waals surface area contributed by atoms with Gasteiger partial charge in [0.2, 0.25) is 5.91 Å². The van der Waals surface area contributed by atoms with Crippen molar-refractivity contribution in [1.82, 2.24) is 9.80 Å². The van der Waals surface area contributed by atoms with E-state index in [9.17, 15) is 19.1 Å². The highest BCUT2D eigenvalue weighted by molar-refractivity contribution is 5.85. The summed E-state index contributed by atoms with van der Waals surface area (Å²) in [5.41, 5.74) is -0.661. The lowest BCUT2D eigenvalue weighted by Crippen LogP contribution is -2.58. The second-order valence-electron chi connectivity index (χ2n) is 7.84. The maximum Gasteiger partial charge on any atom is 0.408 e. The van der Waals surface area contributed by atoms with E-state index in [-0.39, 0.29) is 17.8 Å². The van der Waals surface area contributed by atoms with Gasteiger partial charge in [-0.2, -0.15) is 0 Å². The third-order valence-electron chi connectivity index (χ3n) is 4.78. The molecule has 1 aromatic carbocycles. The van der Waals surface area contributed by atoms with Crippen molar-refractivity contribution in [2.45, 2.75) is 64.6 Å². The van der Waals surface area contributed by atoms with Gasteiger partial charge in [-0.25, -0.2) is 9.18 Å². The summed E-state index contributed by atoms with van der Waals surface area (Å²) in [6, 6.07) is 5.19. The van der Waals surface area contributed by atoms with Crippen molar-refractivity contribution in [2.75, 3.05) is 13.1 Å². The first-order valence-corrected chi connectivity index (χ1v) is 9.36. The molecule has 1 saturated heterocycles. The van der Waals surface area contributed by atoms with Crippen molar-refractivity contribution in [3.63, 3.8) is 0 Å². The Morgan fingerprint density at radius 3 is 2.26 bits per heavy atom. The largest absolute Gasteiger partial charge is 0.490 e. The second-order valence-corrected chi connectivity index (χ2v) is 7.84. The number of carbonyl (C=O) groups is 2. The smallest absolute Gasteiger partial charge is 0.408 e. The number of rotatable bonds is 5. The Balaban J connectivity index is 1.98. The van der Waals surface area contributed by atoms with Gasteiger partial charge in [0, 0.05) is 31.5 Å². The molecule has 27 heavy (non-hydrogen) atoms. The first-order chi connectivity index (χ1) is 12.6. The van der Waals surface area contributed by atoms with Gasteiger partial charge in [0.15, 0.2) is 0 Å². The molecule has 0 unspecified atom stereocenters. The molecule has 150 valence electrons. The van der Waals surface area contributed by atoms with Gasteiger partial charge >= 0.3 is 6.09 Å². The molecule has 1 fully saturated rings. The van der Waals surface area contributed by atoms with Gasteiger partial charge in [-0.1, -0.05) is 6.92 Å². The third kappa shape index (κ3) is 5.34. The molecule has 0 aromatic heterocycles. The highest BCUT2D eigenvalue weighted by Crippen LogP contribution is 2.24. The first-order valence-electron chi connectivity index (χ1n) is 9.36. The zero-order chi connectivity index (χ0) is 20.2. The Labute approximate surface area is 159 Å². The third-order valence-corrected chi connectivity index (χ3v) is 4.78. The van der Waals surface area contributed by atoms with Crippen LogP contribution in [0.5, 0.6) is 5.75 Å². The number of nitrogens with zero attached hydrogens (tertiary/aromatic N) is 2. The number of ether oxygens (including phenoxy) is 1. The van der Waals surface area contributed by atoms with E-state index in [4.69, 9.17) is 4.74 Å². The number of carboxylic acid groups (broad SMARTS) is 1. The average Bonchev–Trinajstić information content (AvgIpc) is 2.60. The van der Waals surface area contributed by atoms with Gasteiger partial charge in [0.05, 0.1) is 0 Å². The van der Waals surface area contributed by atoms with Crippen molar-refractivity contribution in [2.24, 2.45) is 0 Å². The van der Waals surface area contributed by atoms with Gasteiger partial charge in [-0.3, -0.25) is 9.69 Å². The molecule has 1 aliphatic heterocycles. The van der Waals surface area contributed by atoms with Gasteiger partial charge in [0.25, 0.3) is 0 Å². The number of benzene rings is 1. The summed E-state index contributed by atoms with van der Waals surface area (Å²) in [7, 11) is 0. The molecular weight excluding hydrogens is 351 g/mol. The monoisotopic (exact) mass is 380 g/mol. The van der Waals surface area contributed by atoms with E-state index in [2.05, 4.69) is 0 Å². The Hall–Kier alpha value is -2.31. The summed E-state index contributed by atoms with van der Waals surface area (Å²) < 4.78 is 18.8. The summed E-state index contributed by atoms with van der Waals surface area (Å²) in [4.78, 5) is 27.7. The van der Waals surface area contributed by atoms with Crippen molar-refractivity contribution in [3.05, 3.63) is 30.1 Å². The molecule has 2 amide bonds. The highest BCUT2D eigenvalue weighted by Gasteiger charge is 2.39. The summed E-state index contributed by atoms with van der Waals surface area (Å²) in [6.07, 6.45) is 0.605. The fourth-order valence-corrected chi connectivity index (χ4v) is 3.47. The van der Waals surface area contributed by atoms with Crippen LogP contribution in [0.4, 0.5) is 9.18 Å². The molecule has 0 spiro atoms. The average molecular weight is 380 g/mol. The molecule has 0 radical (unpaired) electrons. The molecule has 1 aliphatic rings. The highest BCUT2D eigenvalue weighted by atomic mass is 19.1. The molecule has 2 rings (SSSR count). The van der Waals surface area contributed by atoms with Crippen molar-refractivity contribution in [3.8, 4) is 5.75 Å². The number of hydrogen-bond acceptors (Lipinski definition) is 3. The molecule has 0 saturated carbocycles. The Morgan fingerprint density at radius 2 is 1.81 bits per heavy atom. The van der Waals surface area contributed by atoms with Gasteiger partial charge in [-0.05, 0) is 51.5 Å². The molecule has 1 N–H and O–H groups in total. The summed E-state index contributed by atoms with van der Waals surface area (Å²) in [5.74, 6) is 0.141. The van der Waals surface area contributed by atoms with E-state index < -0.39 is 17.7 Å². The van der Waals surface area contributed by atoms with Crippen LogP contribution in [0.2, 0.25) is 0 Å². The minimum absolute atomic E-state index is 0.0437. The van der Waals surface area contributed by atoms with Crippen molar-refractivity contribution < 1.29 is 23.8 Å². The zero-order valence-corrected chi connectivity index (χ0v) is 16.4. The zero-order valence-electron chi connectivity index (χ0n) is 16.4. The maximum atomic E-state index is 13.0. The molecule has 1 heterocycles. The predicted molar refractivity (Wildman–Crippen MR) is 100 cm³/mol. The summed E-state index contributed by atoms with van der Waals surface area (Å²) in [6.45, 7) is 8.23. The quantitative estimate of drug-likeness (QED) is 0.845. The fraction of sp³-hybridized carbons (Fsp3) is 0.600. The van der Waals surface area contributed by atoms with Crippen LogP contribution in [-0.2, 0) is 4.79 Å². The second kappa shape index (κ2) is 8.59. The number of halogens is 1. The topological polar surface area (TPSA) is 70.1 Å². The standard InChI is InChI=1S/C20H29FN2O4/c1-5-17(23(19(25)26)20(2,3)4)18(24)22-12-10-16(11-13-22)27-15-8-6-14(21)7-9-15/h6-9,16-17H,5,10-13H2,1-4H3,(H,25,26)/t17-/m0/s1.